The molecule has 0 unspecified atom stereocenters. The van der Waals surface area contributed by atoms with Gasteiger partial charge in [-0.15, -0.1) is 12.4 Å². The Kier molecular flexibility index (Phi) is 7.73. The maximum Gasteiger partial charge on any atom is 0.243 e. The first-order chi connectivity index (χ1) is 10.5. The van der Waals surface area contributed by atoms with Gasteiger partial charge in [-0.3, -0.25) is 0 Å². The van der Waals surface area contributed by atoms with Gasteiger partial charge in [0.05, 0.1) is 12.0 Å². The highest BCUT2D eigenvalue weighted by Gasteiger charge is 2.32. The van der Waals surface area contributed by atoms with Gasteiger partial charge in [0, 0.05) is 12.6 Å². The summed E-state index contributed by atoms with van der Waals surface area (Å²) >= 11 is 0. The molecular weight excluding hydrogens is 343 g/mol. The van der Waals surface area contributed by atoms with E-state index in [0.29, 0.717) is 6.54 Å². The van der Waals surface area contributed by atoms with Gasteiger partial charge in [-0.05, 0) is 50.6 Å². The number of nitrogens with one attached hydrogen (secondary N) is 1. The van der Waals surface area contributed by atoms with Crippen LogP contribution < -0.4 is 10.1 Å². The molecule has 23 heavy (non-hydrogen) atoms. The van der Waals surface area contributed by atoms with Gasteiger partial charge < -0.3 is 10.1 Å². The molecule has 0 aliphatic carbocycles. The van der Waals surface area contributed by atoms with E-state index in [1.165, 1.54) is 23.5 Å². The van der Waals surface area contributed by atoms with E-state index < -0.39 is 15.8 Å². The van der Waals surface area contributed by atoms with E-state index in [0.717, 1.165) is 38.4 Å². The Hall–Kier alpha value is -0.890. The van der Waals surface area contributed by atoms with Crippen LogP contribution in [0.25, 0.3) is 0 Å². The van der Waals surface area contributed by atoms with Crippen molar-refractivity contribution in [1.82, 2.24) is 9.62 Å². The Labute approximate surface area is 143 Å². The molecule has 0 bridgehead atoms. The monoisotopic (exact) mass is 366 g/mol. The van der Waals surface area contributed by atoms with Crippen molar-refractivity contribution < 1.29 is 17.5 Å². The summed E-state index contributed by atoms with van der Waals surface area (Å²) in [6.45, 7) is 3.99. The zero-order chi connectivity index (χ0) is 16.2. The number of ether oxygens (including phenoxy) is 1. The first-order valence-corrected chi connectivity index (χ1v) is 9.00. The van der Waals surface area contributed by atoms with Crippen LogP contribution in [-0.2, 0) is 10.0 Å². The fraction of sp³-hybridized carbons (Fsp3) is 0.600. The van der Waals surface area contributed by atoms with Crippen LogP contribution in [0.4, 0.5) is 4.39 Å². The Bertz CT molecular complexity index is 607. The molecule has 0 atom stereocenters. The number of nitrogens with zero attached hydrogens (tertiary/aromatic N) is 1. The summed E-state index contributed by atoms with van der Waals surface area (Å²) in [5.41, 5.74) is 0. The molecule has 0 amide bonds. The minimum atomic E-state index is -3.70. The van der Waals surface area contributed by atoms with E-state index in [2.05, 4.69) is 5.32 Å². The van der Waals surface area contributed by atoms with E-state index >= 15 is 0 Å². The minimum absolute atomic E-state index is 0. The van der Waals surface area contributed by atoms with Gasteiger partial charge >= 0.3 is 0 Å². The molecule has 0 radical (unpaired) electrons. The molecule has 1 fully saturated rings. The summed E-state index contributed by atoms with van der Waals surface area (Å²) in [7, 11) is -2.35. The van der Waals surface area contributed by atoms with E-state index in [1.54, 1.807) is 0 Å². The van der Waals surface area contributed by atoms with Gasteiger partial charge in [0.15, 0.2) is 11.6 Å². The summed E-state index contributed by atoms with van der Waals surface area (Å²) in [5.74, 6) is -0.617. The molecule has 0 spiro atoms. The minimum Gasteiger partial charge on any atom is -0.494 e. The van der Waals surface area contributed by atoms with Crippen molar-refractivity contribution in [3.63, 3.8) is 0 Å². The number of methoxy groups -OCH3 is 1. The van der Waals surface area contributed by atoms with Crippen molar-refractivity contribution in [2.24, 2.45) is 0 Å². The molecule has 1 heterocycles. The van der Waals surface area contributed by atoms with E-state index in [1.807, 2.05) is 6.92 Å². The summed E-state index contributed by atoms with van der Waals surface area (Å²) in [4.78, 5) is -0.0159. The van der Waals surface area contributed by atoms with Crippen LogP contribution in [0.5, 0.6) is 5.75 Å². The molecular formula is C15H24ClFN2O3S. The van der Waals surface area contributed by atoms with Crippen LogP contribution in [-0.4, -0.2) is 45.5 Å². The third-order valence-electron chi connectivity index (χ3n) is 3.89. The number of piperidine rings is 1. The summed E-state index contributed by atoms with van der Waals surface area (Å²) in [5, 5.41) is 3.23. The molecule has 8 heteroatoms. The summed E-state index contributed by atoms with van der Waals surface area (Å²) < 4.78 is 46.0. The summed E-state index contributed by atoms with van der Waals surface area (Å²) in [6.07, 6.45) is 2.28. The molecule has 1 saturated heterocycles. The molecule has 1 aromatic carbocycles. The fourth-order valence-corrected chi connectivity index (χ4v) is 4.55. The van der Waals surface area contributed by atoms with Crippen LogP contribution in [0, 0.1) is 5.82 Å². The second-order valence-electron chi connectivity index (χ2n) is 5.39. The molecule has 1 aliphatic rings. The van der Waals surface area contributed by atoms with Crippen molar-refractivity contribution in [3.8, 4) is 5.75 Å². The van der Waals surface area contributed by atoms with Crippen LogP contribution >= 0.6 is 12.4 Å². The van der Waals surface area contributed by atoms with Gasteiger partial charge in [-0.1, -0.05) is 6.92 Å². The van der Waals surface area contributed by atoms with Crippen molar-refractivity contribution in [3.05, 3.63) is 24.0 Å². The lowest BCUT2D eigenvalue weighted by Crippen LogP contribution is -2.46. The lowest BCUT2D eigenvalue weighted by atomic mass is 10.1. The molecule has 1 aliphatic heterocycles. The number of hydrogen-bond donors (Lipinski definition) is 1. The molecule has 5 nitrogen and oxygen atoms in total. The number of benzene rings is 1. The van der Waals surface area contributed by atoms with Crippen LogP contribution in [0.3, 0.4) is 0 Å². The van der Waals surface area contributed by atoms with Gasteiger partial charge in [-0.25, -0.2) is 12.8 Å². The van der Waals surface area contributed by atoms with Crippen LogP contribution in [0.15, 0.2) is 23.1 Å². The predicted molar refractivity (Wildman–Crippen MR) is 90.3 cm³/mol. The highest BCUT2D eigenvalue weighted by Crippen LogP contribution is 2.26. The first kappa shape index (κ1) is 20.2. The topological polar surface area (TPSA) is 58.6 Å². The highest BCUT2D eigenvalue weighted by molar-refractivity contribution is 7.89. The van der Waals surface area contributed by atoms with Crippen molar-refractivity contribution >= 4 is 22.4 Å². The normalized spacial score (nSPS) is 16.2. The first-order valence-electron chi connectivity index (χ1n) is 7.56. The Morgan fingerprint density at radius 3 is 2.52 bits per heavy atom. The predicted octanol–water partition coefficient (Wildman–Crippen LogP) is 2.41. The molecule has 0 saturated carbocycles. The Morgan fingerprint density at radius 2 is 2.00 bits per heavy atom. The Balaban J connectivity index is 0.00000264. The SMILES string of the molecule is CCCN(C1CCNCC1)S(=O)(=O)c1ccc(OC)c(F)c1.Cl. The van der Waals surface area contributed by atoms with Crippen molar-refractivity contribution in [2.45, 2.75) is 37.1 Å². The molecule has 132 valence electrons. The lowest BCUT2D eigenvalue weighted by molar-refractivity contribution is 0.262. The smallest absolute Gasteiger partial charge is 0.243 e. The van der Waals surface area contributed by atoms with E-state index in [9.17, 15) is 12.8 Å². The van der Waals surface area contributed by atoms with E-state index in [4.69, 9.17) is 4.74 Å². The average molecular weight is 367 g/mol. The maximum atomic E-state index is 13.9. The zero-order valence-corrected chi connectivity index (χ0v) is 15.1. The van der Waals surface area contributed by atoms with Gasteiger partial charge in [-0.2, -0.15) is 4.31 Å². The van der Waals surface area contributed by atoms with Gasteiger partial charge in [0.1, 0.15) is 0 Å². The number of halogens is 2. The van der Waals surface area contributed by atoms with Crippen molar-refractivity contribution in [1.29, 1.82) is 0 Å². The molecule has 1 aromatic rings. The average Bonchev–Trinajstić information content (AvgIpc) is 2.53. The lowest BCUT2D eigenvalue weighted by Gasteiger charge is -2.33. The number of hydrogen-bond acceptors (Lipinski definition) is 4. The third kappa shape index (κ3) is 4.56. The fourth-order valence-electron chi connectivity index (χ4n) is 2.76. The second-order valence-corrected chi connectivity index (χ2v) is 7.28. The Morgan fingerprint density at radius 1 is 1.35 bits per heavy atom. The standard InChI is InChI=1S/C15H23FN2O3S.ClH/c1-3-10-18(12-6-8-17-9-7-12)22(19,20)13-4-5-15(21-2)14(16)11-13;/h4-5,11-12,17H,3,6-10H2,1-2H3;1H. The number of sulfonamides is 1. The van der Waals surface area contributed by atoms with E-state index in [-0.39, 0.29) is 29.1 Å². The van der Waals surface area contributed by atoms with Gasteiger partial charge in [0.2, 0.25) is 10.0 Å². The van der Waals surface area contributed by atoms with Crippen molar-refractivity contribution in [2.75, 3.05) is 26.7 Å². The molecule has 2 rings (SSSR count). The third-order valence-corrected chi connectivity index (χ3v) is 5.84. The number of rotatable bonds is 6. The largest absolute Gasteiger partial charge is 0.494 e. The highest BCUT2D eigenvalue weighted by atomic mass is 35.5. The maximum absolute atomic E-state index is 13.9. The second kappa shape index (κ2) is 8.82. The van der Waals surface area contributed by atoms with Crippen LogP contribution in [0.1, 0.15) is 26.2 Å². The zero-order valence-electron chi connectivity index (χ0n) is 13.4. The van der Waals surface area contributed by atoms with Gasteiger partial charge in [0.25, 0.3) is 0 Å². The molecule has 1 N–H and O–H groups in total. The summed E-state index contributed by atoms with van der Waals surface area (Å²) in [6, 6.07) is 3.77. The quantitative estimate of drug-likeness (QED) is 0.840. The van der Waals surface area contributed by atoms with Crippen LogP contribution in [0.2, 0.25) is 0 Å². The molecule has 0 aromatic heterocycles.